The van der Waals surface area contributed by atoms with Crippen LogP contribution in [0, 0.1) is 23.2 Å². The lowest BCUT2D eigenvalue weighted by Gasteiger charge is -2.31. The number of aromatic hydroxyl groups is 1. The molecule has 0 bridgehead atoms. The number of benzene rings is 1. The van der Waals surface area contributed by atoms with E-state index in [0.29, 0.717) is 18.4 Å². The van der Waals surface area contributed by atoms with Crippen molar-refractivity contribution in [1.29, 1.82) is 5.41 Å². The van der Waals surface area contributed by atoms with Crippen molar-refractivity contribution in [3.63, 3.8) is 0 Å². The van der Waals surface area contributed by atoms with Gasteiger partial charge in [-0.15, -0.1) is 0 Å². The normalized spacial score (nSPS) is 16.4. The topological polar surface area (TPSA) is 899 Å². The lowest BCUT2D eigenvalue weighted by Crippen LogP contribution is -2.62. The smallest absolute Gasteiger partial charge is 0.328 e. The minimum atomic E-state index is -2.18. The zero-order valence-corrected chi connectivity index (χ0v) is 84.8. The van der Waals surface area contributed by atoms with Crippen LogP contribution in [0.5, 0.6) is 5.75 Å². The monoisotopic (exact) mass is 2090 g/mol. The highest BCUT2D eigenvalue weighted by Crippen LogP contribution is 2.23. The SMILES string of the molecule is CC[C@H](C)[C@H](NC(=O)[C@H](CC(C)C)NC(=O)[C@@H](NC(=O)[C@H](CC(C)C)NC(=O)[C@H](CCC(=O)O)NC(=O)[C@@H](N)CCCNC(=N)N)[C@@H](C)O)C(=O)N[C@@H](CC(=O)O)C(=O)N[C@@H](CC(=O)O)C(=O)N[C@@H](CCCCN)C(=O)N1CCC[C@H]1C(=O)N[C@@H](Cc1ccc(O)cc1)C(=O)N[C@@H](CS)C(=O)N[C@@H](C)C(=O)N[C@@H](CCC(=O)O)C(=O)N[C@@H](CCCCN)C(=O)N[C@@H](CCCCN)C(=O)N[C@@H](C)C(=O)N[C@H](C(=O)O)[C@@H](C)O. The number of nitrogens with two attached hydrogens (primary N) is 5. The van der Waals surface area contributed by atoms with Gasteiger partial charge in [0.25, 0.3) is 0 Å². The number of thiol groups is 1. The summed E-state index contributed by atoms with van der Waals surface area (Å²) in [5, 5.41) is 129. The van der Waals surface area contributed by atoms with Crippen molar-refractivity contribution >= 4 is 149 Å². The van der Waals surface area contributed by atoms with E-state index in [-0.39, 0.29) is 147 Å². The number of guanidine groups is 1. The van der Waals surface area contributed by atoms with Crippen LogP contribution in [0.15, 0.2) is 24.3 Å². The number of hydrogen-bond donors (Lipinski definition) is 32. The highest BCUT2D eigenvalue weighted by molar-refractivity contribution is 7.80. The number of phenolic OH excluding ortho intramolecular Hbond substituents is 1. The molecule has 21 atom stereocenters. The number of phenols is 1. The molecule has 36 N–H and O–H groups in total. The molecule has 0 unspecified atom stereocenters. The number of amides is 17. The molecule has 0 aromatic heterocycles. The maximum absolute atomic E-state index is 15.0. The van der Waals surface area contributed by atoms with Crippen LogP contribution in [0.3, 0.4) is 0 Å². The van der Waals surface area contributed by atoms with Gasteiger partial charge in [-0.25, -0.2) is 4.79 Å². The number of nitrogens with one attached hydrogen (secondary N) is 18. The Morgan fingerprint density at radius 2 is 0.760 bits per heavy atom. The Balaban J connectivity index is 2.53. The largest absolute Gasteiger partial charge is 0.508 e. The second-order valence-corrected chi connectivity index (χ2v) is 37.2. The number of carboxylic acids is 5. The number of carbonyl (C=O) groups is 22. The molecule has 17 amide bonds. The Morgan fingerprint density at radius 1 is 0.404 bits per heavy atom. The van der Waals surface area contributed by atoms with Crippen LogP contribution in [0.2, 0.25) is 0 Å². The number of aliphatic carboxylic acids is 5. The minimum Gasteiger partial charge on any atom is -0.508 e. The Morgan fingerprint density at radius 3 is 1.18 bits per heavy atom. The summed E-state index contributed by atoms with van der Waals surface area (Å²) < 4.78 is 0. The van der Waals surface area contributed by atoms with Crippen molar-refractivity contribution in [2.75, 3.05) is 38.5 Å². The fourth-order valence-corrected chi connectivity index (χ4v) is 15.3. The molecule has 0 saturated carbocycles. The number of unbranched alkanes of at least 4 members (excludes halogenated alkanes) is 3. The van der Waals surface area contributed by atoms with Gasteiger partial charge >= 0.3 is 29.8 Å². The number of rotatable bonds is 71. The third kappa shape index (κ3) is 47.7. The Kier molecular flexibility index (Phi) is 58.8. The van der Waals surface area contributed by atoms with E-state index in [0.717, 1.165) is 25.7 Å². The highest BCUT2D eigenvalue weighted by Gasteiger charge is 2.44. The van der Waals surface area contributed by atoms with Crippen molar-refractivity contribution < 1.29 is 146 Å². The predicted octanol–water partition coefficient (Wildman–Crippen LogP) is -7.71. The van der Waals surface area contributed by atoms with Gasteiger partial charge in [0.2, 0.25) is 100 Å². The highest BCUT2D eigenvalue weighted by atomic mass is 32.1. The number of hydrogen-bond acceptors (Lipinski definition) is 31. The van der Waals surface area contributed by atoms with Gasteiger partial charge < -0.3 is 165 Å². The zero-order valence-electron chi connectivity index (χ0n) is 83.9. The van der Waals surface area contributed by atoms with E-state index >= 15 is 4.79 Å². The molecule has 1 fully saturated rings. The minimum absolute atomic E-state index is 0.0409. The van der Waals surface area contributed by atoms with Crippen molar-refractivity contribution in [1.82, 2.24) is 95.3 Å². The first-order valence-electron chi connectivity index (χ1n) is 48.5. The fourth-order valence-electron chi connectivity index (χ4n) is 15.0. The van der Waals surface area contributed by atoms with Crippen LogP contribution in [-0.2, 0) is 112 Å². The van der Waals surface area contributed by atoms with E-state index < -0.39 is 307 Å². The molecule has 1 aliphatic rings. The predicted molar refractivity (Wildman–Crippen MR) is 526 cm³/mol. The molecular formula is C91H152N24O30S. The van der Waals surface area contributed by atoms with E-state index in [1.54, 1.807) is 34.6 Å². The summed E-state index contributed by atoms with van der Waals surface area (Å²) in [5.74, 6) is -29.0. The van der Waals surface area contributed by atoms with Gasteiger partial charge in [-0.1, -0.05) is 60.1 Å². The number of carboxylic acid groups (broad SMARTS) is 5. The molecule has 54 nitrogen and oxygen atoms in total. The van der Waals surface area contributed by atoms with Crippen LogP contribution in [0.4, 0.5) is 0 Å². The molecule has 822 valence electrons. The molecule has 1 aromatic rings. The van der Waals surface area contributed by atoms with E-state index in [4.69, 9.17) is 34.1 Å². The summed E-state index contributed by atoms with van der Waals surface area (Å²) in [6.07, 6.45) is -7.59. The molecule has 1 heterocycles. The third-order valence-corrected chi connectivity index (χ3v) is 23.8. The average Bonchev–Trinajstić information content (AvgIpc) is 1.65. The average molecular weight is 2090 g/mol. The number of carbonyl (C=O) groups excluding carboxylic acids is 17. The Bertz CT molecular complexity index is 4580. The summed E-state index contributed by atoms with van der Waals surface area (Å²) >= 11 is 4.27. The van der Waals surface area contributed by atoms with Gasteiger partial charge in [0.15, 0.2) is 12.0 Å². The second kappa shape index (κ2) is 66.7. The van der Waals surface area contributed by atoms with Gasteiger partial charge in [0.1, 0.15) is 102 Å². The number of nitrogens with zero attached hydrogens (tertiary/aromatic N) is 1. The second-order valence-electron chi connectivity index (χ2n) is 36.8. The molecule has 1 saturated heterocycles. The molecule has 146 heavy (non-hydrogen) atoms. The molecule has 0 aliphatic carbocycles. The van der Waals surface area contributed by atoms with Crippen molar-refractivity contribution in [2.45, 2.75) is 338 Å². The van der Waals surface area contributed by atoms with Crippen LogP contribution < -0.4 is 119 Å². The summed E-state index contributed by atoms with van der Waals surface area (Å²) in [6.45, 7) is 14.6. The maximum atomic E-state index is 15.0. The van der Waals surface area contributed by atoms with Crippen LogP contribution in [0.25, 0.3) is 0 Å². The third-order valence-electron chi connectivity index (χ3n) is 23.4. The van der Waals surface area contributed by atoms with Crippen LogP contribution in [-0.4, -0.2) is 341 Å². The molecule has 0 spiro atoms. The molecule has 1 aromatic carbocycles. The van der Waals surface area contributed by atoms with Crippen molar-refractivity contribution in [2.24, 2.45) is 46.4 Å². The Labute approximate surface area is 850 Å². The van der Waals surface area contributed by atoms with Gasteiger partial charge in [-0.3, -0.25) is 106 Å². The van der Waals surface area contributed by atoms with Crippen LogP contribution in [0.1, 0.15) is 216 Å². The number of aliphatic hydroxyl groups is 2. The standard InChI is InChI=1S/C91H152N24O30S/c1-11-46(6)70(112-83(137)60(39-45(4)5)109-88(142)71(49(9)116)113-84(138)59(38-44(2)3)106-79(133)57(30-32-67(121)122)102-75(129)53(95)20-18-36-98-91(96)97)87(141)110-63(42-69(125)126)82(136)107-62(41-68(123)124)81(135)105-58(23-14-17-35-94)89(143)115-37-19-24-65(115)86(140)108-61(40-51-25-27-52(118)28-26-51)80(134)111-64(43-146)85(139)100-47(7)73(127)101-56(29-31-66(119)120)78(132)104-55(22-13-16-34-93)77(131)103-54(21-12-15-33-92)76(130)99-48(8)74(128)114-72(50(10)117)90(144)145/h25-28,44-50,53-65,70-72,116-118,146H,11-24,29-43,92-95H2,1-10H3,(H,99,130)(H,100,139)(H,101,127)(H,102,129)(H,103,131)(H,104,132)(H,105,135)(H,106,133)(H,107,136)(H,108,140)(H,109,142)(H,110,141)(H,111,134)(H,112,137)(H,113,138)(H,114,128)(H,119,120)(H,121,122)(H,123,124)(H,125,126)(H,144,145)(H4,96,97,98)/t46-,47-,48-,49+,50+,53-,54-,55-,56-,57-,58-,59-,60-,61-,62-,63-,64-,65-,70-,71-,72-/m0/s1. The lowest BCUT2D eigenvalue weighted by atomic mass is 9.96. The fraction of sp³-hybridized carbons (Fsp3) is 0.681. The summed E-state index contributed by atoms with van der Waals surface area (Å²) in [4.78, 5) is 303. The first-order chi connectivity index (χ1) is 68.5. The van der Waals surface area contributed by atoms with Gasteiger partial charge in [-0.05, 0) is 192 Å². The van der Waals surface area contributed by atoms with Gasteiger partial charge in [0, 0.05) is 38.1 Å². The summed E-state index contributed by atoms with van der Waals surface area (Å²) in [7, 11) is 0. The molecule has 55 heteroatoms. The molecule has 2 rings (SSSR count). The van der Waals surface area contributed by atoms with E-state index in [9.17, 15) is 142 Å². The number of likely N-dealkylation sites (tertiary alicyclic amines) is 1. The lowest BCUT2D eigenvalue weighted by molar-refractivity contribution is -0.145. The van der Waals surface area contributed by atoms with Crippen molar-refractivity contribution in [3.05, 3.63) is 29.8 Å². The number of aliphatic hydroxyl groups excluding tert-OH is 2. The zero-order chi connectivity index (χ0) is 111. The Hall–Kier alpha value is -13.3. The first kappa shape index (κ1) is 129. The quantitative estimate of drug-likeness (QED) is 0.0125. The van der Waals surface area contributed by atoms with E-state index in [1.807, 2.05) is 0 Å². The van der Waals surface area contributed by atoms with Crippen LogP contribution >= 0.6 is 12.6 Å². The van der Waals surface area contributed by atoms with Gasteiger partial charge in [0.05, 0.1) is 31.1 Å². The molecule has 0 radical (unpaired) electrons. The summed E-state index contributed by atoms with van der Waals surface area (Å²) in [5.41, 5.74) is 28.9. The summed E-state index contributed by atoms with van der Waals surface area (Å²) in [6, 6.07) is -24.4. The van der Waals surface area contributed by atoms with Gasteiger partial charge in [-0.2, -0.15) is 12.6 Å². The first-order valence-corrected chi connectivity index (χ1v) is 49.1. The van der Waals surface area contributed by atoms with Crippen molar-refractivity contribution in [3.8, 4) is 5.75 Å². The van der Waals surface area contributed by atoms with E-state index in [1.165, 1.54) is 38.1 Å². The van der Waals surface area contributed by atoms with E-state index in [2.05, 4.69) is 103 Å². The molecule has 1 aliphatic heterocycles. The maximum Gasteiger partial charge on any atom is 0.328 e. The molecular weight excluding hydrogens is 1940 g/mol.